The number of rotatable bonds is 0. The van der Waals surface area contributed by atoms with Gasteiger partial charge < -0.3 is 0 Å². The van der Waals surface area contributed by atoms with Crippen LogP contribution in [0.3, 0.4) is 0 Å². The van der Waals surface area contributed by atoms with Gasteiger partial charge in [-0.1, -0.05) is 0 Å². The van der Waals surface area contributed by atoms with E-state index in [0.29, 0.717) is 0 Å². The Hall–Kier alpha value is 0.155. The van der Waals surface area contributed by atoms with Crippen LogP contribution in [-0.2, 0) is 0 Å². The summed E-state index contributed by atoms with van der Waals surface area (Å²) in [6, 6.07) is 0. The third kappa shape index (κ3) is 2.15. The smallest absolute Gasteiger partial charge is 0.130 e. The minimum Gasteiger partial charge on any atom is -0.153 e. The largest absolute Gasteiger partial charge is 0.153 e. The Kier molecular flexibility index (Phi) is 3.28. The maximum Gasteiger partial charge on any atom is 0.130 e. The molecule has 0 aliphatic rings. The number of hydrogen-bond donors (Lipinski definition) is 1. The fraction of sp³-hybridized carbons (Fsp3) is 0. The van der Waals surface area contributed by atoms with Crippen molar-refractivity contribution in [2.75, 3.05) is 0 Å². The first kappa shape index (κ1) is 4.15. The molecule has 0 aromatic heterocycles. The lowest BCUT2D eigenvalue weighted by Gasteiger charge is -1.48. The lowest BCUT2D eigenvalue weighted by atomic mass is 10.2. The minimum atomic E-state index is 1.69. The molecule has 0 nitrogen and oxygen atoms in total. The van der Waals surface area contributed by atoms with E-state index in [2.05, 4.69) is 12.6 Å². The van der Waals surface area contributed by atoms with Crippen molar-refractivity contribution in [3.63, 3.8) is 0 Å². The summed E-state index contributed by atoms with van der Waals surface area (Å²) in [5.41, 5.74) is 0. The summed E-state index contributed by atoms with van der Waals surface area (Å²) in [6.07, 6.45) is 0. The molecule has 4 heavy (non-hydrogen) atoms. The fourth-order valence-corrected chi connectivity index (χ4v) is 0. The molecule has 0 aliphatic heterocycles. The van der Waals surface area contributed by atoms with Gasteiger partial charge in [0.05, 0.1) is 0 Å². The van der Waals surface area contributed by atoms with Gasteiger partial charge in [0.2, 0.25) is 0 Å². The van der Waals surface area contributed by atoms with E-state index in [1.54, 1.807) is 5.41 Å². The topological polar surface area (TPSA) is 0 Å². The van der Waals surface area contributed by atoms with E-state index in [0.717, 1.165) is 0 Å². The molecular weight excluding hydrogens is 66.9 g/mol. The quantitative estimate of drug-likeness (QED) is 0.302. The SMILES string of the molecule is B/C=C/S. The maximum absolute atomic E-state index is 3.74. The Balaban J connectivity index is 2.55. The van der Waals surface area contributed by atoms with Gasteiger partial charge >= 0.3 is 0 Å². The molecule has 22 valence electrons. The Bertz CT molecular complexity index is 21.2. The highest BCUT2D eigenvalue weighted by atomic mass is 32.1. The summed E-state index contributed by atoms with van der Waals surface area (Å²) < 4.78 is 0. The van der Waals surface area contributed by atoms with Gasteiger partial charge in [-0.15, -0.1) is 5.98 Å². The number of thiol groups is 1. The number of hydrogen-bond acceptors (Lipinski definition) is 1. The summed E-state index contributed by atoms with van der Waals surface area (Å²) in [5.74, 6) is 1.86. The van der Waals surface area contributed by atoms with Gasteiger partial charge in [-0.25, -0.2) is 0 Å². The summed E-state index contributed by atoms with van der Waals surface area (Å²) in [4.78, 5) is 0. The van der Waals surface area contributed by atoms with Crippen LogP contribution in [0, 0.1) is 0 Å². The Morgan fingerprint density at radius 1 is 1.75 bits per heavy atom. The Morgan fingerprint density at radius 2 is 2.00 bits per heavy atom. The molecule has 0 spiro atoms. The zero-order valence-corrected chi connectivity index (χ0v) is 3.50. The van der Waals surface area contributed by atoms with Crippen molar-refractivity contribution in [2.45, 2.75) is 0 Å². The molecule has 0 rings (SSSR count). The molecule has 0 radical (unpaired) electrons. The molecule has 0 aromatic carbocycles. The molecular formula is C2H5BS. The summed E-state index contributed by atoms with van der Waals surface area (Å²) in [6.45, 7) is 0. The van der Waals surface area contributed by atoms with Crippen LogP contribution in [0.2, 0.25) is 0 Å². The second-order valence-corrected chi connectivity index (χ2v) is 0.781. The molecule has 0 aromatic rings. The van der Waals surface area contributed by atoms with Gasteiger partial charge in [-0.2, -0.15) is 12.6 Å². The van der Waals surface area contributed by atoms with Gasteiger partial charge in [-0.3, -0.25) is 0 Å². The first-order chi connectivity index (χ1) is 1.91. The highest BCUT2D eigenvalue weighted by Crippen LogP contribution is 1.65. The molecule has 0 unspecified atom stereocenters. The van der Waals surface area contributed by atoms with Crippen LogP contribution in [0.4, 0.5) is 0 Å². The monoisotopic (exact) mass is 72.0 g/mol. The second-order valence-electron chi connectivity index (χ2n) is 0.482. The van der Waals surface area contributed by atoms with Crippen LogP contribution in [0.1, 0.15) is 0 Å². The molecule has 0 fully saturated rings. The van der Waals surface area contributed by atoms with E-state index in [9.17, 15) is 0 Å². The standard InChI is InChI=1S/C2H5BS/c3-1-2-4/h1-2,4H,3H2/b2-1+. The first-order valence-corrected chi connectivity index (χ1v) is 1.69. The van der Waals surface area contributed by atoms with E-state index in [1.165, 1.54) is 0 Å². The van der Waals surface area contributed by atoms with Gasteiger partial charge in [0.1, 0.15) is 7.85 Å². The summed E-state index contributed by atoms with van der Waals surface area (Å²) in [5, 5.41) is 1.69. The van der Waals surface area contributed by atoms with Crippen LogP contribution < -0.4 is 0 Å². The normalized spacial score (nSPS) is 9.25. The second kappa shape index (κ2) is 3.15. The molecule has 0 bridgehead atoms. The molecule has 0 saturated carbocycles. The highest BCUT2D eigenvalue weighted by Gasteiger charge is 1.36. The Morgan fingerprint density at radius 3 is 2.00 bits per heavy atom. The molecule has 0 heterocycles. The van der Waals surface area contributed by atoms with E-state index >= 15 is 0 Å². The molecule has 0 amide bonds. The van der Waals surface area contributed by atoms with Crippen LogP contribution in [0.15, 0.2) is 11.4 Å². The zero-order chi connectivity index (χ0) is 3.41. The van der Waals surface area contributed by atoms with Crippen molar-refractivity contribution in [1.82, 2.24) is 0 Å². The minimum absolute atomic E-state index is 1.69. The van der Waals surface area contributed by atoms with Gasteiger partial charge in [0.25, 0.3) is 0 Å². The van der Waals surface area contributed by atoms with Crippen molar-refractivity contribution < 1.29 is 0 Å². The third-order valence-corrected chi connectivity index (χ3v) is 0.447. The predicted molar refractivity (Wildman–Crippen MR) is 26.7 cm³/mol. The molecule has 0 N–H and O–H groups in total. The van der Waals surface area contributed by atoms with Gasteiger partial charge in [0, 0.05) is 0 Å². The van der Waals surface area contributed by atoms with Crippen molar-refractivity contribution in [3.8, 4) is 0 Å². The van der Waals surface area contributed by atoms with Crippen molar-refractivity contribution >= 4 is 20.5 Å². The lowest BCUT2D eigenvalue weighted by molar-refractivity contribution is 2.55. The fourth-order valence-electron chi connectivity index (χ4n) is 0. The van der Waals surface area contributed by atoms with Crippen LogP contribution in [0.5, 0.6) is 0 Å². The predicted octanol–water partition coefficient (Wildman–Crippen LogP) is 0.0205. The van der Waals surface area contributed by atoms with Gasteiger partial charge in [0.15, 0.2) is 0 Å². The van der Waals surface area contributed by atoms with Crippen LogP contribution in [-0.4, -0.2) is 7.85 Å². The third-order valence-electron chi connectivity index (χ3n) is 0.149. The van der Waals surface area contributed by atoms with Crippen molar-refractivity contribution in [1.29, 1.82) is 0 Å². The average Bonchev–Trinajstić information content (AvgIpc) is 1.37. The van der Waals surface area contributed by atoms with E-state index in [-0.39, 0.29) is 0 Å². The van der Waals surface area contributed by atoms with Crippen LogP contribution >= 0.6 is 12.6 Å². The molecule has 2 heteroatoms. The maximum atomic E-state index is 3.74. The highest BCUT2D eigenvalue weighted by molar-refractivity contribution is 7.83. The van der Waals surface area contributed by atoms with E-state index < -0.39 is 0 Å². The summed E-state index contributed by atoms with van der Waals surface area (Å²) in [7, 11) is 1.92. The van der Waals surface area contributed by atoms with Crippen LogP contribution in [0.25, 0.3) is 0 Å². The van der Waals surface area contributed by atoms with E-state index in [1.807, 2.05) is 13.8 Å². The molecule has 0 saturated heterocycles. The first-order valence-electron chi connectivity index (χ1n) is 1.17. The van der Waals surface area contributed by atoms with E-state index in [4.69, 9.17) is 0 Å². The average molecular weight is 71.9 g/mol. The van der Waals surface area contributed by atoms with Gasteiger partial charge in [-0.05, 0) is 5.41 Å². The Labute approximate surface area is 32.7 Å². The molecule has 0 atom stereocenters. The summed E-state index contributed by atoms with van der Waals surface area (Å²) >= 11 is 3.74. The molecule has 0 aliphatic carbocycles. The van der Waals surface area contributed by atoms with Crippen molar-refractivity contribution in [3.05, 3.63) is 11.4 Å². The lowest BCUT2D eigenvalue weighted by Crippen LogP contribution is -1.36. The van der Waals surface area contributed by atoms with Crippen molar-refractivity contribution in [2.24, 2.45) is 0 Å². The zero-order valence-electron chi connectivity index (χ0n) is 2.60.